The number of amides is 1. The number of ether oxygens (including phenoxy) is 2. The molecule has 0 saturated carbocycles. The number of pyridine rings is 1. The van der Waals surface area contributed by atoms with Crippen molar-refractivity contribution in [1.82, 2.24) is 10.3 Å². The molecular formula is C23H24N2O4. The number of methoxy groups -OCH3 is 1. The number of carbonyl (C=O) groups is 2. The molecule has 1 aromatic heterocycles. The fraction of sp³-hybridized carbons (Fsp3) is 0.261. The van der Waals surface area contributed by atoms with E-state index in [-0.39, 0.29) is 19.1 Å². The van der Waals surface area contributed by atoms with Gasteiger partial charge in [0, 0.05) is 19.0 Å². The third-order valence-corrected chi connectivity index (χ3v) is 4.63. The summed E-state index contributed by atoms with van der Waals surface area (Å²) in [5.74, 6) is -0.917. The summed E-state index contributed by atoms with van der Waals surface area (Å²) in [5.41, 5.74) is 3.53. The molecule has 3 aromatic rings. The average molecular weight is 392 g/mol. The van der Waals surface area contributed by atoms with Gasteiger partial charge in [0.15, 0.2) is 6.61 Å². The smallest absolute Gasteiger partial charge is 0.340 e. The molecule has 0 radical (unpaired) electrons. The Hall–Kier alpha value is -3.25. The number of rotatable bonds is 8. The van der Waals surface area contributed by atoms with Gasteiger partial charge in [0.25, 0.3) is 5.91 Å². The van der Waals surface area contributed by atoms with Crippen LogP contribution < -0.4 is 5.32 Å². The highest BCUT2D eigenvalue weighted by Gasteiger charge is 2.20. The minimum absolute atomic E-state index is 0.180. The Bertz CT molecular complexity index is 1000. The lowest BCUT2D eigenvalue weighted by molar-refractivity contribution is -0.124. The largest absolute Gasteiger partial charge is 0.452 e. The van der Waals surface area contributed by atoms with Crippen molar-refractivity contribution in [2.24, 2.45) is 0 Å². The molecule has 0 unspecified atom stereocenters. The number of nitrogens with zero attached hydrogens (tertiary/aromatic N) is 1. The van der Waals surface area contributed by atoms with Gasteiger partial charge in [-0.15, -0.1) is 0 Å². The molecule has 0 aliphatic heterocycles. The van der Waals surface area contributed by atoms with Crippen LogP contribution in [0.1, 0.15) is 27.2 Å². The molecule has 0 fully saturated rings. The van der Waals surface area contributed by atoms with E-state index >= 15 is 0 Å². The molecule has 0 atom stereocenters. The van der Waals surface area contributed by atoms with E-state index in [1.807, 2.05) is 61.5 Å². The van der Waals surface area contributed by atoms with Crippen molar-refractivity contribution in [2.75, 3.05) is 20.3 Å². The molecule has 6 nitrogen and oxygen atoms in total. The number of aromatic nitrogens is 1. The standard InChI is InChI=1S/C23H24N2O4/c1-16-18-10-6-7-11-19(18)25-20(14-28-2)22(16)23(27)29-15-21(26)24-13-12-17-8-4-3-5-9-17/h3-11H,12-15H2,1-2H3,(H,24,26). The number of nitrogens with one attached hydrogen (secondary N) is 1. The number of hydrogen-bond acceptors (Lipinski definition) is 5. The predicted octanol–water partition coefficient (Wildman–Crippen LogP) is 3.21. The molecule has 0 aliphatic carbocycles. The third-order valence-electron chi connectivity index (χ3n) is 4.63. The maximum absolute atomic E-state index is 12.7. The summed E-state index contributed by atoms with van der Waals surface area (Å²) in [5, 5.41) is 3.63. The summed E-state index contributed by atoms with van der Waals surface area (Å²) in [4.78, 5) is 29.3. The monoisotopic (exact) mass is 392 g/mol. The normalized spacial score (nSPS) is 10.7. The van der Waals surface area contributed by atoms with Crippen molar-refractivity contribution < 1.29 is 19.1 Å². The zero-order valence-corrected chi connectivity index (χ0v) is 16.6. The zero-order valence-electron chi connectivity index (χ0n) is 16.6. The van der Waals surface area contributed by atoms with E-state index in [9.17, 15) is 9.59 Å². The second kappa shape index (κ2) is 9.80. The summed E-state index contributed by atoms with van der Waals surface area (Å²) in [7, 11) is 1.54. The van der Waals surface area contributed by atoms with Gasteiger partial charge in [0.2, 0.25) is 0 Å². The van der Waals surface area contributed by atoms with Crippen molar-refractivity contribution >= 4 is 22.8 Å². The lowest BCUT2D eigenvalue weighted by Gasteiger charge is -2.14. The summed E-state index contributed by atoms with van der Waals surface area (Å²) >= 11 is 0. The number of carbonyl (C=O) groups excluding carboxylic acids is 2. The van der Waals surface area contributed by atoms with Gasteiger partial charge in [-0.05, 0) is 30.5 Å². The fourth-order valence-electron chi connectivity index (χ4n) is 3.20. The molecular weight excluding hydrogens is 368 g/mol. The lowest BCUT2D eigenvalue weighted by atomic mass is 10.0. The molecule has 3 rings (SSSR count). The topological polar surface area (TPSA) is 77.5 Å². The number of fused-ring (bicyclic) bond motifs is 1. The van der Waals surface area contributed by atoms with Crippen molar-refractivity contribution in [2.45, 2.75) is 20.0 Å². The second-order valence-corrected chi connectivity index (χ2v) is 6.67. The van der Waals surface area contributed by atoms with Crippen LogP contribution in [0.2, 0.25) is 0 Å². The van der Waals surface area contributed by atoms with Crippen LogP contribution in [0.3, 0.4) is 0 Å². The Morgan fingerprint density at radius 1 is 1.03 bits per heavy atom. The van der Waals surface area contributed by atoms with E-state index < -0.39 is 5.97 Å². The van der Waals surface area contributed by atoms with Gasteiger partial charge in [-0.3, -0.25) is 4.79 Å². The van der Waals surface area contributed by atoms with Gasteiger partial charge in [0.05, 0.1) is 23.4 Å². The fourth-order valence-corrected chi connectivity index (χ4v) is 3.20. The van der Waals surface area contributed by atoms with E-state index in [1.165, 1.54) is 0 Å². The van der Waals surface area contributed by atoms with Gasteiger partial charge in [-0.25, -0.2) is 9.78 Å². The Morgan fingerprint density at radius 3 is 2.52 bits per heavy atom. The van der Waals surface area contributed by atoms with Crippen LogP contribution in [0.5, 0.6) is 0 Å². The Balaban J connectivity index is 1.64. The Morgan fingerprint density at radius 2 is 1.76 bits per heavy atom. The first-order valence-electron chi connectivity index (χ1n) is 9.45. The second-order valence-electron chi connectivity index (χ2n) is 6.67. The van der Waals surface area contributed by atoms with Gasteiger partial charge in [0.1, 0.15) is 0 Å². The van der Waals surface area contributed by atoms with Gasteiger partial charge < -0.3 is 14.8 Å². The highest BCUT2D eigenvalue weighted by atomic mass is 16.5. The van der Waals surface area contributed by atoms with E-state index in [1.54, 1.807) is 7.11 Å². The van der Waals surface area contributed by atoms with Crippen molar-refractivity contribution in [3.05, 3.63) is 77.0 Å². The third kappa shape index (κ3) is 5.18. The van der Waals surface area contributed by atoms with Gasteiger partial charge in [-0.1, -0.05) is 48.5 Å². The lowest BCUT2D eigenvalue weighted by Crippen LogP contribution is -2.30. The first-order chi connectivity index (χ1) is 14.1. The number of aryl methyl sites for hydroxylation is 1. The quantitative estimate of drug-likeness (QED) is 0.596. The molecule has 0 bridgehead atoms. The molecule has 0 aliphatic rings. The summed E-state index contributed by atoms with van der Waals surface area (Å²) in [6.07, 6.45) is 0.715. The van der Waals surface area contributed by atoms with Crippen molar-refractivity contribution in [3.63, 3.8) is 0 Å². The Labute approximate surface area is 169 Å². The molecule has 29 heavy (non-hydrogen) atoms. The summed E-state index contributed by atoms with van der Waals surface area (Å²) in [6.45, 7) is 2.16. The highest BCUT2D eigenvalue weighted by molar-refractivity contribution is 5.99. The van der Waals surface area contributed by atoms with E-state index in [2.05, 4.69) is 10.3 Å². The molecule has 2 aromatic carbocycles. The van der Waals surface area contributed by atoms with Crippen LogP contribution in [0.25, 0.3) is 10.9 Å². The van der Waals surface area contributed by atoms with E-state index in [0.717, 1.165) is 22.0 Å². The average Bonchev–Trinajstić information content (AvgIpc) is 2.73. The summed E-state index contributed by atoms with van der Waals surface area (Å²) in [6, 6.07) is 17.4. The molecule has 150 valence electrons. The van der Waals surface area contributed by atoms with Crippen LogP contribution in [-0.2, 0) is 27.3 Å². The molecule has 6 heteroatoms. The van der Waals surface area contributed by atoms with Crippen LogP contribution in [0, 0.1) is 6.92 Å². The number of benzene rings is 2. The zero-order chi connectivity index (χ0) is 20.6. The molecule has 1 N–H and O–H groups in total. The maximum Gasteiger partial charge on any atom is 0.340 e. The van der Waals surface area contributed by atoms with Gasteiger partial charge in [-0.2, -0.15) is 0 Å². The minimum Gasteiger partial charge on any atom is -0.452 e. The molecule has 1 amide bonds. The van der Waals surface area contributed by atoms with E-state index in [4.69, 9.17) is 9.47 Å². The number of hydrogen-bond donors (Lipinski definition) is 1. The number of esters is 1. The van der Waals surface area contributed by atoms with Crippen LogP contribution in [0.15, 0.2) is 54.6 Å². The Kier molecular flexibility index (Phi) is 6.92. The first-order valence-corrected chi connectivity index (χ1v) is 9.45. The molecule has 1 heterocycles. The van der Waals surface area contributed by atoms with Gasteiger partial charge >= 0.3 is 5.97 Å². The van der Waals surface area contributed by atoms with Crippen LogP contribution in [-0.4, -0.2) is 37.1 Å². The number of para-hydroxylation sites is 1. The predicted molar refractivity (Wildman–Crippen MR) is 111 cm³/mol. The summed E-state index contributed by atoms with van der Waals surface area (Å²) < 4.78 is 10.5. The first kappa shape index (κ1) is 20.5. The molecule has 0 spiro atoms. The highest BCUT2D eigenvalue weighted by Crippen LogP contribution is 2.24. The maximum atomic E-state index is 12.7. The van der Waals surface area contributed by atoms with Crippen molar-refractivity contribution in [1.29, 1.82) is 0 Å². The SMILES string of the molecule is COCc1nc2ccccc2c(C)c1C(=O)OCC(=O)NCCc1ccccc1. The molecule has 0 saturated heterocycles. The van der Waals surface area contributed by atoms with Crippen LogP contribution in [0.4, 0.5) is 0 Å². The van der Waals surface area contributed by atoms with Crippen LogP contribution >= 0.6 is 0 Å². The van der Waals surface area contributed by atoms with Crippen molar-refractivity contribution in [3.8, 4) is 0 Å². The van der Waals surface area contributed by atoms with E-state index in [0.29, 0.717) is 24.2 Å². The minimum atomic E-state index is -0.578.